The molecule has 5 unspecified atom stereocenters. The van der Waals surface area contributed by atoms with Gasteiger partial charge in [0, 0.05) is 18.4 Å². The highest BCUT2D eigenvalue weighted by Crippen LogP contribution is 2.80. The molecule has 29 heavy (non-hydrogen) atoms. The van der Waals surface area contributed by atoms with Gasteiger partial charge in [-0.3, -0.25) is 0 Å². The van der Waals surface area contributed by atoms with Gasteiger partial charge in [0.15, 0.2) is 0 Å². The Balaban J connectivity index is 1.42. The Morgan fingerprint density at radius 2 is 1.52 bits per heavy atom. The smallest absolute Gasteiger partial charge is 0.0414 e. The van der Waals surface area contributed by atoms with Gasteiger partial charge in [0.25, 0.3) is 0 Å². The van der Waals surface area contributed by atoms with E-state index < -0.39 is 0 Å². The van der Waals surface area contributed by atoms with E-state index in [-0.39, 0.29) is 0 Å². The number of benzene rings is 3. The molecule has 1 heteroatoms. The van der Waals surface area contributed by atoms with Gasteiger partial charge in [-0.2, -0.15) is 0 Å². The predicted molar refractivity (Wildman–Crippen MR) is 120 cm³/mol. The Morgan fingerprint density at radius 3 is 2.38 bits per heavy atom. The Bertz CT molecular complexity index is 1120. The van der Waals surface area contributed by atoms with Gasteiger partial charge in [-0.1, -0.05) is 48.5 Å². The molecule has 0 saturated heterocycles. The van der Waals surface area contributed by atoms with E-state index in [0.29, 0.717) is 5.41 Å². The van der Waals surface area contributed by atoms with Crippen LogP contribution in [0, 0.1) is 17.3 Å². The zero-order chi connectivity index (χ0) is 19.2. The molecular weight excluding hydrogens is 350 g/mol. The zero-order valence-electron chi connectivity index (χ0n) is 17.0. The third kappa shape index (κ3) is 1.96. The maximum Gasteiger partial charge on any atom is 0.0414 e. The van der Waals surface area contributed by atoms with Gasteiger partial charge in [-0.25, -0.2) is 0 Å². The zero-order valence-corrected chi connectivity index (χ0v) is 17.0. The number of hydrogen-bond acceptors (Lipinski definition) is 1. The Hall–Kier alpha value is -2.54. The Morgan fingerprint density at radius 1 is 0.724 bits per heavy atom. The molecule has 7 rings (SSSR count). The minimum absolute atomic E-state index is 0.639. The van der Waals surface area contributed by atoms with Crippen molar-refractivity contribution in [3.8, 4) is 11.1 Å². The summed E-state index contributed by atoms with van der Waals surface area (Å²) in [6.45, 7) is 0. The molecule has 5 atom stereocenters. The van der Waals surface area contributed by atoms with Gasteiger partial charge in [0.2, 0.25) is 0 Å². The molecule has 3 aromatic carbocycles. The standard InChI is InChI=1S/C28H27N/c1-29(21-7-3-2-4-8-21)22-11-12-25-26(16-22)24-10-6-5-9-23(24)18-13-19-14-20-15-27(25)28(19,20)17-18/h2-12,16,18-20,27H,13-15,17H2,1H3. The van der Waals surface area contributed by atoms with E-state index in [4.69, 9.17) is 0 Å². The molecule has 3 aromatic rings. The van der Waals surface area contributed by atoms with Crippen LogP contribution in [-0.4, -0.2) is 7.05 Å². The molecule has 0 radical (unpaired) electrons. The lowest BCUT2D eigenvalue weighted by Gasteiger charge is -2.67. The Labute approximate surface area is 173 Å². The maximum atomic E-state index is 2.48. The molecule has 0 amide bonds. The SMILES string of the molecule is CN(c1ccccc1)c1ccc2c(c1)-c1ccccc1C1CC3CC4CC2C34C1. The number of rotatable bonds is 2. The van der Waals surface area contributed by atoms with E-state index in [1.807, 2.05) is 0 Å². The second-order valence-corrected chi connectivity index (χ2v) is 9.92. The van der Waals surface area contributed by atoms with Crippen molar-refractivity contribution in [2.75, 3.05) is 11.9 Å². The van der Waals surface area contributed by atoms with Crippen LogP contribution in [-0.2, 0) is 0 Å². The third-order valence-electron chi connectivity index (χ3n) is 9.06. The molecule has 3 fully saturated rings. The quantitative estimate of drug-likeness (QED) is 0.459. The second-order valence-electron chi connectivity index (χ2n) is 9.92. The van der Waals surface area contributed by atoms with Crippen molar-refractivity contribution < 1.29 is 0 Å². The number of para-hydroxylation sites is 1. The van der Waals surface area contributed by atoms with Gasteiger partial charge >= 0.3 is 0 Å². The minimum Gasteiger partial charge on any atom is -0.345 e. The topological polar surface area (TPSA) is 3.24 Å². The average molecular weight is 378 g/mol. The number of fused-ring (bicyclic) bond motifs is 6. The summed E-state index contributed by atoms with van der Waals surface area (Å²) in [7, 11) is 2.19. The molecule has 3 saturated carbocycles. The molecule has 4 aliphatic rings. The van der Waals surface area contributed by atoms with Gasteiger partial charge in [0.1, 0.15) is 0 Å². The fraction of sp³-hybridized carbons (Fsp3) is 0.357. The first kappa shape index (κ1) is 16.3. The molecule has 0 N–H and O–H groups in total. The number of hydrogen-bond donors (Lipinski definition) is 0. The van der Waals surface area contributed by atoms with Crippen LogP contribution < -0.4 is 4.90 Å². The summed E-state index contributed by atoms with van der Waals surface area (Å²) in [4.78, 5) is 2.32. The molecule has 144 valence electrons. The normalized spacial score (nSPS) is 32.6. The van der Waals surface area contributed by atoms with Crippen molar-refractivity contribution >= 4 is 11.4 Å². The molecule has 2 bridgehead atoms. The summed E-state index contributed by atoms with van der Waals surface area (Å²) in [5, 5.41) is 0. The summed E-state index contributed by atoms with van der Waals surface area (Å²) >= 11 is 0. The molecule has 0 aromatic heterocycles. The lowest BCUT2D eigenvalue weighted by atomic mass is 9.37. The monoisotopic (exact) mass is 377 g/mol. The van der Waals surface area contributed by atoms with E-state index in [2.05, 4.69) is 84.7 Å². The predicted octanol–water partition coefficient (Wildman–Crippen LogP) is 7.12. The van der Waals surface area contributed by atoms with Crippen molar-refractivity contribution in [1.82, 2.24) is 0 Å². The minimum atomic E-state index is 0.639. The van der Waals surface area contributed by atoms with Gasteiger partial charge in [0.05, 0.1) is 0 Å². The van der Waals surface area contributed by atoms with Crippen LogP contribution in [0.3, 0.4) is 0 Å². The first-order chi connectivity index (χ1) is 14.3. The van der Waals surface area contributed by atoms with Gasteiger partial charge < -0.3 is 4.90 Å². The van der Waals surface area contributed by atoms with Crippen LogP contribution in [0.1, 0.15) is 48.6 Å². The van der Waals surface area contributed by atoms with Crippen LogP contribution in [0.15, 0.2) is 72.8 Å². The van der Waals surface area contributed by atoms with Crippen molar-refractivity contribution in [3.63, 3.8) is 0 Å². The van der Waals surface area contributed by atoms with Crippen molar-refractivity contribution in [1.29, 1.82) is 0 Å². The number of nitrogens with zero attached hydrogens (tertiary/aromatic N) is 1. The highest BCUT2D eigenvalue weighted by atomic mass is 15.1. The summed E-state index contributed by atoms with van der Waals surface area (Å²) in [5.41, 5.74) is 9.41. The van der Waals surface area contributed by atoms with Crippen molar-refractivity contribution in [2.45, 2.75) is 37.5 Å². The summed E-state index contributed by atoms with van der Waals surface area (Å²) in [6, 6.07) is 27.3. The second kappa shape index (κ2) is 5.53. The third-order valence-corrected chi connectivity index (χ3v) is 9.06. The maximum absolute atomic E-state index is 2.48. The first-order valence-electron chi connectivity index (χ1n) is 11.3. The van der Waals surface area contributed by atoms with Gasteiger partial charge in [-0.15, -0.1) is 0 Å². The molecule has 1 nitrogen and oxygen atoms in total. The van der Waals surface area contributed by atoms with Crippen LogP contribution in [0.5, 0.6) is 0 Å². The van der Waals surface area contributed by atoms with E-state index >= 15 is 0 Å². The van der Waals surface area contributed by atoms with Crippen LogP contribution in [0.4, 0.5) is 11.4 Å². The van der Waals surface area contributed by atoms with E-state index in [9.17, 15) is 0 Å². The molecule has 1 spiro atoms. The number of anilines is 2. The summed E-state index contributed by atoms with van der Waals surface area (Å²) < 4.78 is 0. The first-order valence-corrected chi connectivity index (χ1v) is 11.3. The molecule has 4 aliphatic carbocycles. The summed E-state index contributed by atoms with van der Waals surface area (Å²) in [6.07, 6.45) is 5.79. The fourth-order valence-electron chi connectivity index (χ4n) is 7.67. The van der Waals surface area contributed by atoms with Crippen molar-refractivity contribution in [2.24, 2.45) is 17.3 Å². The largest absolute Gasteiger partial charge is 0.345 e. The molecule has 0 heterocycles. The van der Waals surface area contributed by atoms with Gasteiger partial charge in [-0.05, 0) is 101 Å². The van der Waals surface area contributed by atoms with Crippen LogP contribution in [0.2, 0.25) is 0 Å². The van der Waals surface area contributed by atoms with E-state index in [1.165, 1.54) is 48.2 Å². The lowest BCUT2D eigenvalue weighted by molar-refractivity contribution is -0.144. The highest BCUT2D eigenvalue weighted by molar-refractivity contribution is 5.78. The summed E-state index contributed by atoms with van der Waals surface area (Å²) in [5.74, 6) is 3.54. The highest BCUT2D eigenvalue weighted by Gasteiger charge is 2.70. The fourth-order valence-corrected chi connectivity index (χ4v) is 7.67. The van der Waals surface area contributed by atoms with E-state index in [0.717, 1.165) is 23.7 Å². The van der Waals surface area contributed by atoms with Crippen LogP contribution in [0.25, 0.3) is 11.1 Å². The Kier molecular flexibility index (Phi) is 3.11. The van der Waals surface area contributed by atoms with Crippen molar-refractivity contribution in [3.05, 3.63) is 83.9 Å². The average Bonchev–Trinajstić information content (AvgIpc) is 3.13. The molecular formula is C28H27N. The van der Waals surface area contributed by atoms with Crippen LogP contribution >= 0.6 is 0 Å². The molecule has 0 aliphatic heterocycles. The lowest BCUT2D eigenvalue weighted by Crippen LogP contribution is -2.58. The van der Waals surface area contributed by atoms with E-state index in [1.54, 1.807) is 11.1 Å².